The van der Waals surface area contributed by atoms with Gasteiger partial charge in [-0.25, -0.2) is 0 Å². The summed E-state index contributed by atoms with van der Waals surface area (Å²) in [6, 6.07) is 0.843. The van der Waals surface area contributed by atoms with Crippen molar-refractivity contribution in [1.82, 2.24) is 10.2 Å². The van der Waals surface area contributed by atoms with E-state index in [0.29, 0.717) is 24.5 Å². The summed E-state index contributed by atoms with van der Waals surface area (Å²) in [7, 11) is 0. The van der Waals surface area contributed by atoms with Crippen LogP contribution >= 0.6 is 0 Å². The lowest BCUT2D eigenvalue weighted by Gasteiger charge is -2.30. The molecule has 0 atom stereocenters. The van der Waals surface area contributed by atoms with Crippen LogP contribution in [0, 0.1) is 5.92 Å². The van der Waals surface area contributed by atoms with Gasteiger partial charge in [0, 0.05) is 18.6 Å². The van der Waals surface area contributed by atoms with E-state index in [2.05, 4.69) is 37.9 Å². The number of hydrogen-bond acceptors (Lipinski definition) is 2. The molecule has 3 nitrogen and oxygen atoms in total. The van der Waals surface area contributed by atoms with Gasteiger partial charge >= 0.3 is 0 Å². The fourth-order valence-electron chi connectivity index (χ4n) is 2.83. The summed E-state index contributed by atoms with van der Waals surface area (Å²) in [5.41, 5.74) is 0. The van der Waals surface area contributed by atoms with E-state index in [4.69, 9.17) is 0 Å². The molecule has 3 heteroatoms. The number of carbonyl (C=O) groups is 1. The highest BCUT2D eigenvalue weighted by Crippen LogP contribution is 2.22. The van der Waals surface area contributed by atoms with Crippen molar-refractivity contribution in [2.75, 3.05) is 13.1 Å². The molecule has 0 radical (unpaired) electrons. The SMILES string of the molecule is CC(C)N(CC(=O)NCC1CCCCC1)C(C)C. The molecule has 1 aliphatic rings. The molecule has 0 aromatic carbocycles. The zero-order chi connectivity index (χ0) is 13.5. The first kappa shape index (κ1) is 15.5. The molecular weight excluding hydrogens is 224 g/mol. The Morgan fingerprint density at radius 2 is 1.67 bits per heavy atom. The lowest BCUT2D eigenvalue weighted by atomic mass is 9.89. The van der Waals surface area contributed by atoms with Crippen molar-refractivity contribution in [3.05, 3.63) is 0 Å². The zero-order valence-corrected chi connectivity index (χ0v) is 12.5. The molecule has 0 spiro atoms. The Bertz CT molecular complexity index is 237. The number of carbonyl (C=O) groups excluding carboxylic acids is 1. The fourth-order valence-corrected chi connectivity index (χ4v) is 2.83. The molecule has 0 unspecified atom stereocenters. The van der Waals surface area contributed by atoms with Gasteiger partial charge in [0.05, 0.1) is 6.54 Å². The minimum atomic E-state index is 0.183. The maximum absolute atomic E-state index is 12.0. The van der Waals surface area contributed by atoms with Crippen molar-refractivity contribution in [1.29, 1.82) is 0 Å². The summed E-state index contributed by atoms with van der Waals surface area (Å²) in [6.07, 6.45) is 6.63. The van der Waals surface area contributed by atoms with Crippen LogP contribution < -0.4 is 5.32 Å². The van der Waals surface area contributed by atoms with Gasteiger partial charge in [-0.1, -0.05) is 19.3 Å². The van der Waals surface area contributed by atoms with E-state index < -0.39 is 0 Å². The van der Waals surface area contributed by atoms with Crippen LogP contribution in [0.2, 0.25) is 0 Å². The molecule has 106 valence electrons. The smallest absolute Gasteiger partial charge is 0.234 e. The van der Waals surface area contributed by atoms with Crippen molar-refractivity contribution in [3.8, 4) is 0 Å². The second kappa shape index (κ2) is 7.78. The van der Waals surface area contributed by atoms with E-state index in [9.17, 15) is 4.79 Å². The van der Waals surface area contributed by atoms with Crippen LogP contribution in [-0.2, 0) is 4.79 Å². The van der Waals surface area contributed by atoms with Crippen LogP contribution in [0.1, 0.15) is 59.8 Å². The molecule has 0 bridgehead atoms. The third kappa shape index (κ3) is 5.38. The molecule has 0 saturated heterocycles. The predicted octanol–water partition coefficient (Wildman–Crippen LogP) is 2.80. The Labute approximate surface area is 112 Å². The van der Waals surface area contributed by atoms with E-state index in [-0.39, 0.29) is 5.91 Å². The highest BCUT2D eigenvalue weighted by molar-refractivity contribution is 5.78. The lowest BCUT2D eigenvalue weighted by molar-refractivity contribution is -0.123. The first-order chi connectivity index (χ1) is 8.50. The quantitative estimate of drug-likeness (QED) is 0.790. The van der Waals surface area contributed by atoms with Gasteiger partial charge in [-0.2, -0.15) is 0 Å². The van der Waals surface area contributed by atoms with Gasteiger partial charge in [0.15, 0.2) is 0 Å². The summed E-state index contributed by atoms with van der Waals surface area (Å²) in [5.74, 6) is 0.900. The molecule has 0 aliphatic heterocycles. The van der Waals surface area contributed by atoms with E-state index in [1.165, 1.54) is 32.1 Å². The predicted molar refractivity (Wildman–Crippen MR) is 76.6 cm³/mol. The first-order valence-electron chi connectivity index (χ1n) is 7.53. The van der Waals surface area contributed by atoms with Crippen molar-refractivity contribution in [2.24, 2.45) is 5.92 Å². The topological polar surface area (TPSA) is 32.3 Å². The lowest BCUT2D eigenvalue weighted by Crippen LogP contribution is -2.45. The third-order valence-electron chi connectivity index (χ3n) is 3.97. The van der Waals surface area contributed by atoms with Crippen LogP contribution in [0.5, 0.6) is 0 Å². The monoisotopic (exact) mass is 254 g/mol. The first-order valence-corrected chi connectivity index (χ1v) is 7.53. The Kier molecular flexibility index (Phi) is 6.69. The summed E-state index contributed by atoms with van der Waals surface area (Å²) in [5, 5.41) is 3.11. The molecule has 0 heterocycles. The molecule has 1 saturated carbocycles. The Hall–Kier alpha value is -0.570. The average molecular weight is 254 g/mol. The van der Waals surface area contributed by atoms with E-state index in [1.54, 1.807) is 0 Å². The standard InChI is InChI=1S/C15H30N2O/c1-12(2)17(13(3)4)11-15(18)16-10-14-8-6-5-7-9-14/h12-14H,5-11H2,1-4H3,(H,16,18). The van der Waals surface area contributed by atoms with Crippen molar-refractivity contribution < 1.29 is 4.79 Å². The van der Waals surface area contributed by atoms with Gasteiger partial charge in [0.1, 0.15) is 0 Å². The van der Waals surface area contributed by atoms with E-state index in [0.717, 1.165) is 6.54 Å². The summed E-state index contributed by atoms with van der Waals surface area (Å²) in [4.78, 5) is 14.2. The molecule has 1 aliphatic carbocycles. The molecule has 0 aromatic rings. The average Bonchev–Trinajstić information content (AvgIpc) is 2.34. The van der Waals surface area contributed by atoms with E-state index in [1.807, 2.05) is 0 Å². The van der Waals surface area contributed by atoms with Crippen molar-refractivity contribution in [2.45, 2.75) is 71.9 Å². The summed E-state index contributed by atoms with van der Waals surface area (Å²) in [6.45, 7) is 10.00. The van der Waals surface area contributed by atoms with Crippen LogP contribution in [0.25, 0.3) is 0 Å². The van der Waals surface area contributed by atoms with Crippen molar-refractivity contribution in [3.63, 3.8) is 0 Å². The van der Waals surface area contributed by atoms with Gasteiger partial charge in [-0.05, 0) is 46.5 Å². The minimum absolute atomic E-state index is 0.183. The second-order valence-electron chi connectivity index (χ2n) is 6.17. The minimum Gasteiger partial charge on any atom is -0.355 e. The van der Waals surface area contributed by atoms with Gasteiger partial charge in [0.25, 0.3) is 0 Å². The number of nitrogens with zero attached hydrogens (tertiary/aromatic N) is 1. The van der Waals surface area contributed by atoms with Gasteiger partial charge in [0.2, 0.25) is 5.91 Å². The van der Waals surface area contributed by atoms with E-state index >= 15 is 0 Å². The maximum atomic E-state index is 12.0. The Morgan fingerprint density at radius 3 is 2.17 bits per heavy atom. The molecular formula is C15H30N2O. The molecule has 1 fully saturated rings. The second-order valence-corrected chi connectivity index (χ2v) is 6.17. The fraction of sp³-hybridized carbons (Fsp3) is 0.933. The van der Waals surface area contributed by atoms with Gasteiger partial charge < -0.3 is 5.32 Å². The number of amides is 1. The Morgan fingerprint density at radius 1 is 1.11 bits per heavy atom. The van der Waals surface area contributed by atoms with Gasteiger partial charge in [-0.15, -0.1) is 0 Å². The largest absolute Gasteiger partial charge is 0.355 e. The van der Waals surface area contributed by atoms with Crippen LogP contribution in [0.15, 0.2) is 0 Å². The molecule has 1 rings (SSSR count). The molecule has 18 heavy (non-hydrogen) atoms. The summed E-state index contributed by atoms with van der Waals surface area (Å²) < 4.78 is 0. The maximum Gasteiger partial charge on any atom is 0.234 e. The third-order valence-corrected chi connectivity index (χ3v) is 3.97. The summed E-state index contributed by atoms with van der Waals surface area (Å²) >= 11 is 0. The highest BCUT2D eigenvalue weighted by Gasteiger charge is 2.18. The number of hydrogen-bond donors (Lipinski definition) is 1. The normalized spacial score (nSPS) is 17.7. The zero-order valence-electron chi connectivity index (χ0n) is 12.5. The molecule has 1 N–H and O–H groups in total. The van der Waals surface area contributed by atoms with Crippen LogP contribution in [0.4, 0.5) is 0 Å². The number of rotatable bonds is 6. The highest BCUT2D eigenvalue weighted by atomic mass is 16.2. The van der Waals surface area contributed by atoms with Gasteiger partial charge in [-0.3, -0.25) is 9.69 Å². The Balaban J connectivity index is 2.27. The molecule has 1 amide bonds. The molecule has 0 aromatic heterocycles. The van der Waals surface area contributed by atoms with Crippen LogP contribution in [-0.4, -0.2) is 36.0 Å². The van der Waals surface area contributed by atoms with Crippen LogP contribution in [0.3, 0.4) is 0 Å². The number of nitrogens with one attached hydrogen (secondary N) is 1. The van der Waals surface area contributed by atoms with Crippen molar-refractivity contribution >= 4 is 5.91 Å².